The van der Waals surface area contributed by atoms with E-state index in [2.05, 4.69) is 36.2 Å². The summed E-state index contributed by atoms with van der Waals surface area (Å²) in [7, 11) is 0. The van der Waals surface area contributed by atoms with Gasteiger partial charge in [-0.2, -0.15) is 0 Å². The zero-order valence-electron chi connectivity index (χ0n) is 10.0. The summed E-state index contributed by atoms with van der Waals surface area (Å²) in [6.07, 6.45) is 0. The molecule has 0 bridgehead atoms. The number of nitrogens with zero attached hydrogens (tertiary/aromatic N) is 1. The molecule has 0 N–H and O–H groups in total. The van der Waals surface area contributed by atoms with Gasteiger partial charge in [-0.05, 0) is 36.2 Å². The molecule has 0 amide bonds. The lowest BCUT2D eigenvalue weighted by molar-refractivity contribution is 1.39. The van der Waals surface area contributed by atoms with Gasteiger partial charge in [0.05, 0.1) is 5.52 Å². The molecule has 0 fully saturated rings. The van der Waals surface area contributed by atoms with Crippen molar-refractivity contribution in [2.45, 2.75) is 6.92 Å². The predicted molar refractivity (Wildman–Crippen MR) is 76.9 cm³/mol. The Morgan fingerprint density at radius 2 is 1.72 bits per heavy atom. The van der Waals surface area contributed by atoms with Crippen molar-refractivity contribution in [1.29, 1.82) is 0 Å². The third kappa shape index (κ3) is 1.98. The number of fused-ring (bicyclic) bond motifs is 1. The molecular weight excluding hydrogens is 242 g/mol. The van der Waals surface area contributed by atoms with Gasteiger partial charge in [-0.3, -0.25) is 0 Å². The second-order valence-corrected chi connectivity index (χ2v) is 4.77. The molecule has 1 aromatic heterocycles. The van der Waals surface area contributed by atoms with Crippen LogP contribution in [0, 0.1) is 6.92 Å². The SMILES string of the molecule is Cc1ccc2nc(Cl)cc(-c3ccccc3)c2c1. The summed E-state index contributed by atoms with van der Waals surface area (Å²) in [6.45, 7) is 2.09. The lowest BCUT2D eigenvalue weighted by Crippen LogP contribution is -1.86. The summed E-state index contributed by atoms with van der Waals surface area (Å²) in [4.78, 5) is 4.37. The van der Waals surface area contributed by atoms with Gasteiger partial charge in [0, 0.05) is 5.39 Å². The zero-order chi connectivity index (χ0) is 12.5. The van der Waals surface area contributed by atoms with Crippen molar-refractivity contribution in [3.8, 4) is 11.1 Å². The van der Waals surface area contributed by atoms with Crippen molar-refractivity contribution in [3.05, 3.63) is 65.3 Å². The summed E-state index contributed by atoms with van der Waals surface area (Å²) in [5, 5.41) is 1.68. The van der Waals surface area contributed by atoms with Crippen LogP contribution >= 0.6 is 11.6 Å². The van der Waals surface area contributed by atoms with Gasteiger partial charge in [0.2, 0.25) is 0 Å². The minimum atomic E-state index is 0.533. The fourth-order valence-electron chi connectivity index (χ4n) is 2.16. The van der Waals surface area contributed by atoms with Crippen molar-refractivity contribution < 1.29 is 0 Å². The molecule has 0 aliphatic carbocycles. The lowest BCUT2D eigenvalue weighted by Gasteiger charge is -2.08. The van der Waals surface area contributed by atoms with E-state index in [1.807, 2.05) is 30.3 Å². The van der Waals surface area contributed by atoms with Crippen LogP contribution < -0.4 is 0 Å². The molecule has 0 spiro atoms. The van der Waals surface area contributed by atoms with Gasteiger partial charge in [-0.15, -0.1) is 0 Å². The van der Waals surface area contributed by atoms with Gasteiger partial charge < -0.3 is 0 Å². The minimum absolute atomic E-state index is 0.533. The Bertz CT molecular complexity index is 705. The molecule has 0 aliphatic rings. The first-order chi connectivity index (χ1) is 8.74. The van der Waals surface area contributed by atoms with Crippen LogP contribution in [-0.4, -0.2) is 4.98 Å². The number of hydrogen-bond donors (Lipinski definition) is 0. The molecule has 1 nitrogen and oxygen atoms in total. The van der Waals surface area contributed by atoms with Crippen LogP contribution in [0.5, 0.6) is 0 Å². The minimum Gasteiger partial charge on any atom is -0.236 e. The van der Waals surface area contributed by atoms with E-state index in [0.29, 0.717) is 5.15 Å². The first-order valence-corrected chi connectivity index (χ1v) is 6.24. The average Bonchev–Trinajstić information content (AvgIpc) is 2.39. The predicted octanol–water partition coefficient (Wildman–Crippen LogP) is 4.86. The van der Waals surface area contributed by atoms with Crippen LogP contribution in [0.25, 0.3) is 22.0 Å². The quantitative estimate of drug-likeness (QED) is 0.564. The maximum atomic E-state index is 6.10. The van der Waals surface area contributed by atoms with Crippen LogP contribution in [0.1, 0.15) is 5.56 Å². The molecular formula is C16H12ClN. The number of aryl methyl sites for hydroxylation is 1. The van der Waals surface area contributed by atoms with Crippen molar-refractivity contribution in [1.82, 2.24) is 4.98 Å². The summed E-state index contributed by atoms with van der Waals surface area (Å²) >= 11 is 6.10. The maximum absolute atomic E-state index is 6.10. The Morgan fingerprint density at radius 3 is 2.50 bits per heavy atom. The maximum Gasteiger partial charge on any atom is 0.130 e. The van der Waals surface area contributed by atoms with Gasteiger partial charge in [0.25, 0.3) is 0 Å². The number of halogens is 1. The second kappa shape index (κ2) is 4.43. The first-order valence-electron chi connectivity index (χ1n) is 5.86. The average molecular weight is 254 g/mol. The standard InChI is InChI=1S/C16H12ClN/c1-11-7-8-15-14(9-11)13(10-16(17)18-15)12-5-3-2-4-6-12/h2-10H,1H3. The molecule has 2 aromatic carbocycles. The fourth-order valence-corrected chi connectivity index (χ4v) is 2.36. The molecule has 0 radical (unpaired) electrons. The highest BCUT2D eigenvalue weighted by Crippen LogP contribution is 2.30. The number of rotatable bonds is 1. The van der Waals surface area contributed by atoms with Gasteiger partial charge in [0.15, 0.2) is 0 Å². The van der Waals surface area contributed by atoms with Gasteiger partial charge in [-0.25, -0.2) is 4.98 Å². The smallest absolute Gasteiger partial charge is 0.130 e. The van der Waals surface area contributed by atoms with E-state index < -0.39 is 0 Å². The molecule has 3 rings (SSSR count). The highest BCUT2D eigenvalue weighted by molar-refractivity contribution is 6.30. The second-order valence-electron chi connectivity index (χ2n) is 4.38. The van der Waals surface area contributed by atoms with E-state index in [1.165, 1.54) is 5.56 Å². The lowest BCUT2D eigenvalue weighted by atomic mass is 10.0. The molecule has 2 heteroatoms. The highest BCUT2D eigenvalue weighted by Gasteiger charge is 2.06. The topological polar surface area (TPSA) is 12.9 Å². The Morgan fingerprint density at radius 1 is 0.944 bits per heavy atom. The molecule has 1 heterocycles. The summed E-state index contributed by atoms with van der Waals surface area (Å²) < 4.78 is 0. The Kier molecular flexibility index (Phi) is 2.77. The zero-order valence-corrected chi connectivity index (χ0v) is 10.8. The summed E-state index contributed by atoms with van der Waals surface area (Å²) in [6, 6.07) is 18.4. The number of aromatic nitrogens is 1. The fraction of sp³-hybridized carbons (Fsp3) is 0.0625. The van der Waals surface area contributed by atoms with Crippen LogP contribution in [0.3, 0.4) is 0 Å². The van der Waals surface area contributed by atoms with Crippen LogP contribution in [-0.2, 0) is 0 Å². The number of pyridine rings is 1. The number of benzene rings is 2. The molecule has 3 aromatic rings. The third-order valence-electron chi connectivity index (χ3n) is 3.02. The van der Waals surface area contributed by atoms with Crippen molar-refractivity contribution in [3.63, 3.8) is 0 Å². The third-order valence-corrected chi connectivity index (χ3v) is 3.21. The Hall–Kier alpha value is -1.86. The Balaban J connectivity index is 2.37. The van der Waals surface area contributed by atoms with Gasteiger partial charge >= 0.3 is 0 Å². The van der Waals surface area contributed by atoms with Crippen molar-refractivity contribution >= 4 is 22.5 Å². The van der Waals surface area contributed by atoms with E-state index >= 15 is 0 Å². The monoisotopic (exact) mass is 253 g/mol. The molecule has 0 saturated carbocycles. The molecule has 18 heavy (non-hydrogen) atoms. The van der Waals surface area contributed by atoms with Gasteiger partial charge in [-0.1, -0.05) is 53.6 Å². The van der Waals surface area contributed by atoms with E-state index in [4.69, 9.17) is 11.6 Å². The molecule has 0 unspecified atom stereocenters. The van der Waals surface area contributed by atoms with Gasteiger partial charge in [0.1, 0.15) is 5.15 Å². The van der Waals surface area contributed by atoms with Crippen LogP contribution in [0.4, 0.5) is 0 Å². The van der Waals surface area contributed by atoms with E-state index in [0.717, 1.165) is 22.0 Å². The van der Waals surface area contributed by atoms with E-state index in [1.54, 1.807) is 0 Å². The molecule has 0 aliphatic heterocycles. The molecule has 0 atom stereocenters. The highest BCUT2D eigenvalue weighted by atomic mass is 35.5. The van der Waals surface area contributed by atoms with Crippen molar-refractivity contribution in [2.24, 2.45) is 0 Å². The largest absolute Gasteiger partial charge is 0.236 e. The molecule has 0 saturated heterocycles. The van der Waals surface area contributed by atoms with E-state index in [9.17, 15) is 0 Å². The number of hydrogen-bond acceptors (Lipinski definition) is 1. The Labute approximate surface area is 111 Å². The first kappa shape index (κ1) is 11.2. The normalized spacial score (nSPS) is 10.8. The molecule has 88 valence electrons. The van der Waals surface area contributed by atoms with Crippen LogP contribution in [0.15, 0.2) is 54.6 Å². The summed E-state index contributed by atoms with van der Waals surface area (Å²) in [5.41, 5.74) is 4.46. The van der Waals surface area contributed by atoms with Crippen molar-refractivity contribution in [2.75, 3.05) is 0 Å². The van der Waals surface area contributed by atoms with Crippen LogP contribution in [0.2, 0.25) is 5.15 Å². The van der Waals surface area contributed by atoms with E-state index in [-0.39, 0.29) is 0 Å². The summed E-state index contributed by atoms with van der Waals surface area (Å²) in [5.74, 6) is 0.